The Morgan fingerprint density at radius 3 is 2.41 bits per heavy atom. The minimum absolute atomic E-state index is 0.0869. The number of hydrogen-bond acceptors (Lipinski definition) is 4. The number of carbonyl (C=O) groups is 1. The number of nitrogens with zero attached hydrogens (tertiary/aromatic N) is 1. The summed E-state index contributed by atoms with van der Waals surface area (Å²) in [5.41, 5.74) is 3.27. The lowest BCUT2D eigenvalue weighted by molar-refractivity contribution is 0.103. The summed E-state index contributed by atoms with van der Waals surface area (Å²) in [5, 5.41) is 1.34. The number of Topliss-reactive ketones (excluding diaryl/α,β-unsaturated/α-hetero) is 1. The minimum atomic E-state index is -1.75. The number of fused-ring (bicyclic) bond motifs is 1. The van der Waals surface area contributed by atoms with Gasteiger partial charge in [0.1, 0.15) is 11.5 Å². The van der Waals surface area contributed by atoms with Gasteiger partial charge in [0.2, 0.25) is 0 Å². The zero-order valence-electron chi connectivity index (χ0n) is 21.7. The maximum absolute atomic E-state index is 13.1. The van der Waals surface area contributed by atoms with Gasteiger partial charge in [0, 0.05) is 23.6 Å². The normalized spacial score (nSPS) is 12.8. The van der Waals surface area contributed by atoms with Gasteiger partial charge in [-0.25, -0.2) is 0 Å². The molecule has 34 heavy (non-hydrogen) atoms. The van der Waals surface area contributed by atoms with Crippen LogP contribution in [0.5, 0.6) is 11.5 Å². The van der Waals surface area contributed by atoms with Crippen LogP contribution in [0.2, 0.25) is 18.1 Å². The number of ether oxygens (including phenoxy) is 2. The molecule has 6 heteroatoms. The van der Waals surface area contributed by atoms with E-state index in [1.54, 1.807) is 32.4 Å². The predicted octanol–water partition coefficient (Wildman–Crippen LogP) is 6.97. The molecule has 0 aliphatic heterocycles. The van der Waals surface area contributed by atoms with Crippen LogP contribution in [0.4, 0.5) is 0 Å². The zero-order chi connectivity index (χ0) is 25.1. The van der Waals surface area contributed by atoms with E-state index in [-0.39, 0.29) is 10.8 Å². The SMILES string of the molecule is COc1ccc(OC)c(C(=O)C(C)=Cc2ccc3c(ccn3CCO[Si](C)(C)C(C)(C)C)c2)c1. The van der Waals surface area contributed by atoms with Gasteiger partial charge < -0.3 is 18.5 Å². The highest BCUT2D eigenvalue weighted by Gasteiger charge is 2.36. The van der Waals surface area contributed by atoms with Crippen LogP contribution in [0.3, 0.4) is 0 Å². The van der Waals surface area contributed by atoms with Crippen molar-refractivity contribution in [1.82, 2.24) is 4.57 Å². The molecule has 3 aromatic rings. The number of benzene rings is 2. The van der Waals surface area contributed by atoms with E-state index >= 15 is 0 Å². The summed E-state index contributed by atoms with van der Waals surface area (Å²) in [5.74, 6) is 1.07. The lowest BCUT2D eigenvalue weighted by Gasteiger charge is -2.36. The molecule has 2 aromatic carbocycles. The van der Waals surface area contributed by atoms with Crippen LogP contribution in [0.15, 0.2) is 54.2 Å². The van der Waals surface area contributed by atoms with Crippen molar-refractivity contribution in [1.29, 1.82) is 0 Å². The Kier molecular flexibility index (Phi) is 7.73. The molecule has 0 bridgehead atoms. The molecule has 1 aromatic heterocycles. The molecule has 3 rings (SSSR count). The fourth-order valence-electron chi connectivity index (χ4n) is 3.64. The van der Waals surface area contributed by atoms with Crippen LogP contribution >= 0.6 is 0 Å². The highest BCUT2D eigenvalue weighted by atomic mass is 28.4. The van der Waals surface area contributed by atoms with Crippen LogP contribution in [0.25, 0.3) is 17.0 Å². The topological polar surface area (TPSA) is 49.7 Å². The molecule has 0 N–H and O–H groups in total. The van der Waals surface area contributed by atoms with Gasteiger partial charge in [-0.1, -0.05) is 26.8 Å². The molecule has 0 saturated carbocycles. The van der Waals surface area contributed by atoms with Crippen LogP contribution in [-0.2, 0) is 11.0 Å². The summed E-state index contributed by atoms with van der Waals surface area (Å²) in [4.78, 5) is 13.1. The van der Waals surface area contributed by atoms with Crippen LogP contribution in [-0.4, -0.2) is 39.5 Å². The van der Waals surface area contributed by atoms with Crippen molar-refractivity contribution in [3.8, 4) is 11.5 Å². The van der Waals surface area contributed by atoms with Crippen molar-refractivity contribution in [2.45, 2.75) is 52.4 Å². The lowest BCUT2D eigenvalue weighted by Crippen LogP contribution is -2.41. The third-order valence-corrected chi connectivity index (χ3v) is 11.3. The fraction of sp³-hybridized carbons (Fsp3) is 0.393. The molecular weight excluding hydrogens is 442 g/mol. The molecular formula is C28H37NO4Si. The third kappa shape index (κ3) is 5.62. The number of ketones is 1. The van der Waals surface area contributed by atoms with E-state index in [0.717, 1.165) is 23.0 Å². The fourth-order valence-corrected chi connectivity index (χ4v) is 4.67. The second-order valence-corrected chi connectivity index (χ2v) is 15.0. The van der Waals surface area contributed by atoms with E-state index in [4.69, 9.17) is 13.9 Å². The first-order valence-corrected chi connectivity index (χ1v) is 14.6. The van der Waals surface area contributed by atoms with E-state index in [0.29, 0.717) is 29.2 Å². The number of methoxy groups -OCH3 is 2. The van der Waals surface area contributed by atoms with Gasteiger partial charge in [0.15, 0.2) is 14.1 Å². The smallest absolute Gasteiger partial charge is 0.192 e. The molecule has 0 saturated heterocycles. The minimum Gasteiger partial charge on any atom is -0.497 e. The number of carbonyl (C=O) groups excluding carboxylic acids is 1. The van der Waals surface area contributed by atoms with Gasteiger partial charge in [-0.3, -0.25) is 4.79 Å². The van der Waals surface area contributed by atoms with Crippen LogP contribution in [0.1, 0.15) is 43.6 Å². The first-order chi connectivity index (χ1) is 16.0. The standard InChI is InChI=1S/C28H37NO4Si/c1-20(27(30)24-19-23(31-5)10-12-26(24)32-6)17-21-9-11-25-22(18-21)13-14-29(25)15-16-33-34(7,8)28(2,3)4/h9-14,17-19H,15-16H2,1-8H3. The number of aromatic nitrogens is 1. The van der Waals surface area contributed by atoms with E-state index in [9.17, 15) is 4.79 Å². The molecule has 0 aliphatic carbocycles. The van der Waals surface area contributed by atoms with Gasteiger partial charge in [-0.05, 0) is 78.7 Å². The van der Waals surface area contributed by atoms with Crippen molar-refractivity contribution < 1.29 is 18.7 Å². The molecule has 5 nitrogen and oxygen atoms in total. The Morgan fingerprint density at radius 2 is 1.76 bits per heavy atom. The Balaban J connectivity index is 1.77. The van der Waals surface area contributed by atoms with Gasteiger partial charge in [-0.2, -0.15) is 0 Å². The highest BCUT2D eigenvalue weighted by Crippen LogP contribution is 2.36. The quantitative estimate of drug-likeness (QED) is 0.189. The lowest BCUT2D eigenvalue weighted by atomic mass is 10.0. The predicted molar refractivity (Wildman–Crippen MR) is 143 cm³/mol. The van der Waals surface area contributed by atoms with Gasteiger partial charge >= 0.3 is 0 Å². The molecule has 0 amide bonds. The Bertz CT molecular complexity index is 1200. The van der Waals surface area contributed by atoms with E-state index in [2.05, 4.69) is 62.8 Å². The largest absolute Gasteiger partial charge is 0.497 e. The van der Waals surface area contributed by atoms with Gasteiger partial charge in [-0.15, -0.1) is 0 Å². The van der Waals surface area contributed by atoms with Crippen molar-refractivity contribution in [2.75, 3.05) is 20.8 Å². The molecule has 0 radical (unpaired) electrons. The summed E-state index contributed by atoms with van der Waals surface area (Å²) in [6, 6.07) is 13.6. The van der Waals surface area contributed by atoms with Crippen molar-refractivity contribution >= 4 is 31.1 Å². The first-order valence-electron chi connectivity index (χ1n) is 11.6. The van der Waals surface area contributed by atoms with Crippen molar-refractivity contribution in [2.24, 2.45) is 0 Å². The number of hydrogen-bond donors (Lipinski definition) is 0. The average Bonchev–Trinajstić information content (AvgIpc) is 3.19. The van der Waals surface area contributed by atoms with Gasteiger partial charge in [0.05, 0.1) is 26.4 Å². The summed E-state index contributed by atoms with van der Waals surface area (Å²) in [7, 11) is 1.39. The summed E-state index contributed by atoms with van der Waals surface area (Å²) in [6.07, 6.45) is 4.02. The maximum Gasteiger partial charge on any atom is 0.192 e. The van der Waals surface area contributed by atoms with Crippen molar-refractivity contribution in [3.63, 3.8) is 0 Å². The number of rotatable bonds is 9. The molecule has 1 heterocycles. The summed E-state index contributed by atoms with van der Waals surface area (Å²) >= 11 is 0. The zero-order valence-corrected chi connectivity index (χ0v) is 22.7. The Labute approximate surface area is 204 Å². The van der Waals surface area contributed by atoms with E-state index in [1.807, 2.05) is 19.1 Å². The molecule has 0 fully saturated rings. The molecule has 0 atom stereocenters. The average molecular weight is 480 g/mol. The third-order valence-electron chi connectivity index (χ3n) is 6.79. The van der Waals surface area contributed by atoms with Gasteiger partial charge in [0.25, 0.3) is 0 Å². The molecule has 182 valence electrons. The second kappa shape index (κ2) is 10.2. The summed E-state index contributed by atoms with van der Waals surface area (Å²) < 4.78 is 19.2. The van der Waals surface area contributed by atoms with Crippen LogP contribution in [0, 0.1) is 0 Å². The summed E-state index contributed by atoms with van der Waals surface area (Å²) in [6.45, 7) is 14.7. The van der Waals surface area contributed by atoms with Crippen LogP contribution < -0.4 is 9.47 Å². The van der Waals surface area contributed by atoms with E-state index < -0.39 is 8.32 Å². The molecule has 0 aliphatic rings. The number of allylic oxidation sites excluding steroid dienone is 1. The maximum atomic E-state index is 13.1. The van der Waals surface area contributed by atoms with Crippen molar-refractivity contribution in [3.05, 3.63) is 65.4 Å². The Hall–Kier alpha value is -2.83. The second-order valence-electron chi connectivity index (χ2n) is 10.2. The van der Waals surface area contributed by atoms with E-state index in [1.165, 1.54) is 0 Å². The first kappa shape index (κ1) is 25.8. The Morgan fingerprint density at radius 1 is 1.03 bits per heavy atom. The molecule has 0 spiro atoms. The monoisotopic (exact) mass is 479 g/mol. The highest BCUT2D eigenvalue weighted by molar-refractivity contribution is 6.74. The molecule has 0 unspecified atom stereocenters.